The molecule has 0 aromatic rings. The van der Waals surface area contributed by atoms with Crippen molar-refractivity contribution in [2.24, 2.45) is 0 Å². The van der Waals surface area contributed by atoms with Crippen molar-refractivity contribution >= 4 is 73.0 Å². The molecule has 69 valence electrons. The molecule has 0 saturated heterocycles. The van der Waals surface area contributed by atoms with Crippen molar-refractivity contribution in [2.75, 3.05) is 6.61 Å². The Hall–Kier alpha value is 0.536. The molecule has 0 spiro atoms. The van der Waals surface area contributed by atoms with Crippen LogP contribution < -0.4 is 0 Å². The molecule has 13 heavy (non-hydrogen) atoms. The molecule has 0 aliphatic carbocycles. The van der Waals surface area contributed by atoms with E-state index in [1.165, 1.54) is 6.92 Å². The molecule has 0 fully saturated rings. The van der Waals surface area contributed by atoms with Gasteiger partial charge in [-0.15, -0.1) is 0 Å². The van der Waals surface area contributed by atoms with Gasteiger partial charge in [-0.1, -0.05) is 6.58 Å². The van der Waals surface area contributed by atoms with Gasteiger partial charge in [0.05, 0.1) is 6.61 Å². The van der Waals surface area contributed by atoms with Crippen LogP contribution in [0.1, 0.15) is 13.3 Å². The Labute approximate surface area is 121 Å². The van der Waals surface area contributed by atoms with E-state index >= 15 is 0 Å². The number of carbonyl (C=O) groups is 1. The zero-order chi connectivity index (χ0) is 9.56. The van der Waals surface area contributed by atoms with Crippen molar-refractivity contribution in [1.29, 1.82) is 0 Å². The third-order valence-electron chi connectivity index (χ3n) is 0.953. The summed E-state index contributed by atoms with van der Waals surface area (Å²) in [6.07, 6.45) is 0.204. The van der Waals surface area contributed by atoms with Gasteiger partial charge in [0.1, 0.15) is 0 Å². The largest absolute Gasteiger partial charge is 0.462 e. The molecule has 1 radical (unpaired) electrons. The quantitative estimate of drug-likeness (QED) is 0.220. The maximum atomic E-state index is 10.7. The Morgan fingerprint density at radius 1 is 1.54 bits per heavy atom. The van der Waals surface area contributed by atoms with Gasteiger partial charge < -0.3 is 4.74 Å². The van der Waals surface area contributed by atoms with Crippen molar-refractivity contribution in [3.8, 4) is 0 Å². The van der Waals surface area contributed by atoms with E-state index in [1.807, 2.05) is 0 Å². The van der Waals surface area contributed by atoms with E-state index in [9.17, 15) is 13.2 Å². The molecule has 0 saturated carbocycles. The van der Waals surface area contributed by atoms with Crippen molar-refractivity contribution < 1.29 is 17.9 Å². The van der Waals surface area contributed by atoms with Gasteiger partial charge in [0.2, 0.25) is 10.3 Å². The molecule has 0 rings (SSSR count). The number of carbonyl (C=O) groups excluding carboxylic acids is 1. The first-order valence-corrected chi connectivity index (χ1v) is 4.42. The predicted molar refractivity (Wildman–Crippen MR) is 51.1 cm³/mol. The molecule has 0 aliphatic rings. The summed E-state index contributed by atoms with van der Waals surface area (Å²) in [5.74, 6) is -0.500. The zero-order valence-electron chi connectivity index (χ0n) is 7.74. The number of esters is 1. The number of ether oxygens (including phenoxy) is 1. The van der Waals surface area contributed by atoms with E-state index in [0.717, 1.165) is 5.37 Å². The Morgan fingerprint density at radius 2 is 2.08 bits per heavy atom. The fourth-order valence-corrected chi connectivity index (χ4v) is 0.708. The summed E-state index contributed by atoms with van der Waals surface area (Å²) in [4.78, 5) is 10.7. The normalized spacial score (nSPS) is 8.08. The monoisotopic (exact) mass is 229 g/mol. The van der Waals surface area contributed by atoms with E-state index in [2.05, 4.69) is 11.3 Å². The van der Waals surface area contributed by atoms with Crippen LogP contribution >= 0.6 is 0 Å². The molecule has 0 aromatic carbocycles. The Balaban J connectivity index is 0. The van der Waals surface area contributed by atoms with Crippen LogP contribution in [0.25, 0.3) is 0 Å². The minimum absolute atomic E-state index is 0. The van der Waals surface area contributed by atoms with Crippen molar-refractivity contribution in [2.45, 2.75) is 13.3 Å². The summed E-state index contributed by atoms with van der Waals surface area (Å²) < 4.78 is 24.5. The Kier molecular flexibility index (Phi) is 11.2. The van der Waals surface area contributed by atoms with Gasteiger partial charge >= 0.3 is 5.97 Å². The summed E-state index contributed by atoms with van der Waals surface area (Å²) in [6, 6.07) is 0. The fraction of sp³-hybridized carbons (Fsp3) is 0.429. The van der Waals surface area contributed by atoms with Crippen molar-refractivity contribution in [3.63, 3.8) is 0 Å². The van der Waals surface area contributed by atoms with E-state index in [1.54, 1.807) is 0 Å². The van der Waals surface area contributed by atoms with Crippen LogP contribution in [0.3, 0.4) is 0 Å². The van der Waals surface area contributed by atoms with Crippen LogP contribution in [0.4, 0.5) is 0 Å². The van der Waals surface area contributed by atoms with Gasteiger partial charge in [0.25, 0.3) is 0 Å². The van der Waals surface area contributed by atoms with Crippen LogP contribution in [0.2, 0.25) is 0 Å². The minimum Gasteiger partial charge on any atom is -0.462 e. The molecule has 4 nitrogen and oxygen atoms in total. The maximum absolute atomic E-state index is 10.7. The first-order valence-electron chi connectivity index (χ1n) is 3.28. The van der Waals surface area contributed by atoms with Crippen LogP contribution in [-0.2, 0) is 19.8 Å². The average Bonchev–Trinajstić information content (AvgIpc) is 1.97. The summed E-state index contributed by atoms with van der Waals surface area (Å²) in [7, 11) is -2.18. The van der Waals surface area contributed by atoms with E-state index in [0.29, 0.717) is 5.57 Å². The van der Waals surface area contributed by atoms with Gasteiger partial charge in [-0.2, -0.15) is 8.42 Å². The molecule has 0 bridgehead atoms. The molecule has 0 aliphatic heterocycles. The van der Waals surface area contributed by atoms with Crippen molar-refractivity contribution in [3.05, 3.63) is 12.2 Å². The molecule has 0 aromatic heterocycles. The maximum Gasteiger partial charge on any atom is 0.333 e. The second kappa shape index (κ2) is 9.11. The minimum atomic E-state index is -2.18. The van der Waals surface area contributed by atoms with Gasteiger partial charge in [0, 0.05) is 68.7 Å². The topological polar surface area (TPSA) is 60.4 Å². The third-order valence-corrected chi connectivity index (χ3v) is 1.46. The molecule has 0 heterocycles. The zero-order valence-corrected chi connectivity index (χ0v) is 11.7. The summed E-state index contributed by atoms with van der Waals surface area (Å²) in [5.41, 5.74) is 0.304. The third kappa shape index (κ3) is 10.5. The molecule has 0 N–H and O–H groups in total. The van der Waals surface area contributed by atoms with Crippen molar-refractivity contribution in [1.82, 2.24) is 0 Å². The number of rotatable bonds is 4. The first-order chi connectivity index (χ1) is 5.54. The Morgan fingerprint density at radius 3 is 2.46 bits per heavy atom. The van der Waals surface area contributed by atoms with Crippen LogP contribution in [0, 0.1) is 0 Å². The second-order valence-corrected chi connectivity index (χ2v) is 2.99. The van der Waals surface area contributed by atoms with E-state index < -0.39 is 16.3 Å². The Bertz CT molecular complexity index is 296. The summed E-state index contributed by atoms with van der Waals surface area (Å²) >= 11 is 0. The summed E-state index contributed by atoms with van der Waals surface area (Å²) in [6.45, 7) is 4.96. The first kappa shape index (κ1) is 16.0. The molecule has 0 unspecified atom stereocenters. The van der Waals surface area contributed by atoms with E-state index in [4.69, 9.17) is 0 Å². The van der Waals surface area contributed by atoms with Gasteiger partial charge in [0.15, 0.2) is 0 Å². The molecule has 0 amide bonds. The summed E-state index contributed by atoms with van der Waals surface area (Å²) in [5, 5.41) is 1.03. The smallest absolute Gasteiger partial charge is 0.333 e. The van der Waals surface area contributed by atoms with Gasteiger partial charge in [-0.3, -0.25) is 0 Å². The average molecular weight is 229 g/mol. The standard InChI is InChI=1S/C7H10O4S.K/c1-6(2)7(8)11-4-3-5-12(9)10;/h5H,1,3-4H2,2H3;. The SMILES string of the molecule is C=C(C)C(=O)OCCC=S(=O)=O.[K]. The number of hydrogen-bond acceptors (Lipinski definition) is 4. The second-order valence-electron chi connectivity index (χ2n) is 2.13. The van der Waals surface area contributed by atoms with Crippen LogP contribution in [0.15, 0.2) is 12.2 Å². The number of hydrogen-bond donors (Lipinski definition) is 0. The van der Waals surface area contributed by atoms with Crippen LogP contribution in [0.5, 0.6) is 0 Å². The fourth-order valence-electron chi connectivity index (χ4n) is 0.419. The molecule has 0 atom stereocenters. The van der Waals surface area contributed by atoms with Gasteiger partial charge in [-0.25, -0.2) is 4.79 Å². The van der Waals surface area contributed by atoms with Gasteiger partial charge in [-0.05, 0) is 6.92 Å². The predicted octanol–water partition coefficient (Wildman–Crippen LogP) is -0.204. The van der Waals surface area contributed by atoms with E-state index in [-0.39, 0.29) is 64.4 Å². The molecule has 6 heteroatoms. The molecular formula is C7H10KO4S. The molecular weight excluding hydrogens is 219 g/mol. The van der Waals surface area contributed by atoms with Crippen LogP contribution in [-0.4, -0.2) is 77.7 Å².